The van der Waals surface area contributed by atoms with E-state index in [1.807, 2.05) is 25.1 Å². The van der Waals surface area contributed by atoms with Crippen molar-refractivity contribution in [3.63, 3.8) is 0 Å². The highest BCUT2D eigenvalue weighted by Gasteiger charge is 2.17. The highest BCUT2D eigenvalue weighted by atomic mass is 35.5. The second-order valence-electron chi connectivity index (χ2n) is 5.74. The van der Waals surface area contributed by atoms with Gasteiger partial charge in [-0.3, -0.25) is 4.79 Å². The molecule has 2 N–H and O–H groups in total. The smallest absolute Gasteiger partial charge is 0.271 e. The van der Waals surface area contributed by atoms with E-state index in [9.17, 15) is 4.79 Å². The van der Waals surface area contributed by atoms with E-state index in [-0.39, 0.29) is 17.7 Å². The van der Waals surface area contributed by atoms with Crippen LogP contribution in [0.4, 0.5) is 11.5 Å². The molecule has 7 heteroatoms. The molecule has 1 aliphatic rings. The zero-order chi connectivity index (χ0) is 16.9. The lowest BCUT2D eigenvalue weighted by molar-refractivity contribution is 0.0853. The average molecular weight is 347 g/mol. The Morgan fingerprint density at radius 1 is 1.33 bits per heavy atom. The maximum atomic E-state index is 12.0. The van der Waals surface area contributed by atoms with Gasteiger partial charge in [-0.2, -0.15) is 0 Å². The summed E-state index contributed by atoms with van der Waals surface area (Å²) in [5.74, 6) is 0.300. The van der Waals surface area contributed by atoms with Gasteiger partial charge >= 0.3 is 0 Å². The number of amides is 1. The molecule has 1 fully saturated rings. The number of rotatable bonds is 5. The number of carbonyl (C=O) groups excluding carboxylic acids is 1. The first kappa shape index (κ1) is 16.7. The minimum atomic E-state index is -0.247. The number of aryl methyl sites for hydroxylation is 1. The Balaban J connectivity index is 1.57. The number of anilines is 2. The largest absolute Gasteiger partial charge is 0.376 e. The Kier molecular flexibility index (Phi) is 5.27. The molecule has 0 radical (unpaired) electrons. The zero-order valence-corrected chi connectivity index (χ0v) is 14.1. The molecule has 24 heavy (non-hydrogen) atoms. The minimum absolute atomic E-state index is 0.106. The Bertz CT molecular complexity index is 715. The molecule has 1 amide bonds. The Hall–Kier alpha value is -2.18. The van der Waals surface area contributed by atoms with Crippen LogP contribution in [0.25, 0.3) is 0 Å². The van der Waals surface area contributed by atoms with Gasteiger partial charge in [-0.1, -0.05) is 17.7 Å². The topological polar surface area (TPSA) is 76.1 Å². The molecule has 1 aromatic carbocycles. The summed E-state index contributed by atoms with van der Waals surface area (Å²) in [6, 6.07) is 8.99. The Labute approximate surface area is 145 Å². The van der Waals surface area contributed by atoms with Crippen molar-refractivity contribution in [1.82, 2.24) is 15.5 Å². The summed E-state index contributed by atoms with van der Waals surface area (Å²) < 4.78 is 5.47. The number of hydrogen-bond donors (Lipinski definition) is 2. The van der Waals surface area contributed by atoms with Crippen LogP contribution in [-0.4, -0.2) is 35.4 Å². The molecule has 0 bridgehead atoms. The van der Waals surface area contributed by atoms with Crippen LogP contribution in [0.1, 0.15) is 28.9 Å². The molecule has 0 saturated carbocycles. The molecule has 126 valence electrons. The number of nitrogens with one attached hydrogen (secondary N) is 2. The van der Waals surface area contributed by atoms with E-state index in [0.717, 1.165) is 30.7 Å². The first-order chi connectivity index (χ1) is 11.6. The number of halogens is 1. The van der Waals surface area contributed by atoms with Crippen molar-refractivity contribution < 1.29 is 9.53 Å². The Morgan fingerprint density at radius 2 is 2.21 bits per heavy atom. The maximum Gasteiger partial charge on any atom is 0.271 e. The van der Waals surface area contributed by atoms with E-state index in [2.05, 4.69) is 20.8 Å². The molecule has 2 aromatic rings. The summed E-state index contributed by atoms with van der Waals surface area (Å²) in [7, 11) is 0. The van der Waals surface area contributed by atoms with Crippen molar-refractivity contribution in [2.75, 3.05) is 18.5 Å². The predicted octanol–water partition coefficient (Wildman–Crippen LogP) is 3.09. The molecule has 3 rings (SSSR count). The van der Waals surface area contributed by atoms with E-state index < -0.39 is 0 Å². The summed E-state index contributed by atoms with van der Waals surface area (Å²) in [5, 5.41) is 14.6. The number of ether oxygens (including phenoxy) is 1. The molecule has 1 aromatic heterocycles. The first-order valence-electron chi connectivity index (χ1n) is 7.88. The fraction of sp³-hybridized carbons (Fsp3) is 0.353. The van der Waals surface area contributed by atoms with Gasteiger partial charge in [-0.15, -0.1) is 10.2 Å². The molecule has 1 aliphatic heterocycles. The molecule has 0 spiro atoms. The average Bonchev–Trinajstić information content (AvgIpc) is 3.10. The monoisotopic (exact) mass is 346 g/mol. The summed E-state index contributed by atoms with van der Waals surface area (Å²) >= 11 is 6.10. The van der Waals surface area contributed by atoms with Crippen LogP contribution >= 0.6 is 11.6 Å². The van der Waals surface area contributed by atoms with Crippen LogP contribution in [0.5, 0.6) is 0 Å². The van der Waals surface area contributed by atoms with Gasteiger partial charge in [0.25, 0.3) is 5.91 Å². The van der Waals surface area contributed by atoms with Gasteiger partial charge in [0, 0.05) is 23.9 Å². The number of aromatic nitrogens is 2. The highest BCUT2D eigenvalue weighted by molar-refractivity contribution is 6.31. The van der Waals surface area contributed by atoms with Gasteiger partial charge in [0.2, 0.25) is 0 Å². The van der Waals surface area contributed by atoms with Crippen LogP contribution in [0.2, 0.25) is 5.02 Å². The van der Waals surface area contributed by atoms with Crippen LogP contribution < -0.4 is 10.6 Å². The Morgan fingerprint density at radius 3 is 2.88 bits per heavy atom. The number of benzene rings is 1. The third-order valence-corrected chi connectivity index (χ3v) is 4.26. The van der Waals surface area contributed by atoms with Crippen LogP contribution in [0, 0.1) is 6.92 Å². The summed E-state index contributed by atoms with van der Waals surface area (Å²) in [5.41, 5.74) is 2.10. The number of hydrogen-bond acceptors (Lipinski definition) is 5. The van der Waals surface area contributed by atoms with Crippen molar-refractivity contribution in [3.8, 4) is 0 Å². The first-order valence-corrected chi connectivity index (χ1v) is 8.26. The van der Waals surface area contributed by atoms with Gasteiger partial charge in [0.05, 0.1) is 6.10 Å². The maximum absolute atomic E-state index is 12.0. The molecule has 1 atom stereocenters. The second-order valence-corrected chi connectivity index (χ2v) is 6.15. The van der Waals surface area contributed by atoms with E-state index in [1.165, 1.54) is 0 Å². The highest BCUT2D eigenvalue weighted by Crippen LogP contribution is 2.22. The normalized spacial score (nSPS) is 16.8. The zero-order valence-electron chi connectivity index (χ0n) is 13.4. The molecule has 1 saturated heterocycles. The third-order valence-electron chi connectivity index (χ3n) is 3.86. The van der Waals surface area contributed by atoms with E-state index >= 15 is 0 Å². The van der Waals surface area contributed by atoms with Gasteiger partial charge in [0.15, 0.2) is 11.5 Å². The van der Waals surface area contributed by atoms with Crippen molar-refractivity contribution in [2.45, 2.75) is 25.9 Å². The molecule has 0 aliphatic carbocycles. The van der Waals surface area contributed by atoms with Gasteiger partial charge < -0.3 is 15.4 Å². The van der Waals surface area contributed by atoms with Crippen molar-refractivity contribution in [1.29, 1.82) is 0 Å². The lowest BCUT2D eigenvalue weighted by Crippen LogP contribution is -2.32. The molecular formula is C17H19ClN4O2. The van der Waals surface area contributed by atoms with Gasteiger partial charge in [0.1, 0.15) is 0 Å². The molecule has 2 heterocycles. The fourth-order valence-electron chi connectivity index (χ4n) is 2.44. The van der Waals surface area contributed by atoms with Crippen molar-refractivity contribution in [2.24, 2.45) is 0 Å². The molecule has 6 nitrogen and oxygen atoms in total. The molecular weight excluding hydrogens is 328 g/mol. The lowest BCUT2D eigenvalue weighted by atomic mass is 10.2. The number of carbonyl (C=O) groups is 1. The van der Waals surface area contributed by atoms with E-state index in [0.29, 0.717) is 17.4 Å². The number of nitrogens with zero attached hydrogens (tertiary/aromatic N) is 2. The third kappa shape index (κ3) is 4.21. The summed E-state index contributed by atoms with van der Waals surface area (Å²) in [6.07, 6.45) is 2.13. The predicted molar refractivity (Wildman–Crippen MR) is 92.8 cm³/mol. The van der Waals surface area contributed by atoms with E-state index in [4.69, 9.17) is 16.3 Å². The van der Waals surface area contributed by atoms with Crippen LogP contribution in [-0.2, 0) is 4.74 Å². The van der Waals surface area contributed by atoms with Crippen LogP contribution in [0.3, 0.4) is 0 Å². The van der Waals surface area contributed by atoms with Crippen LogP contribution in [0.15, 0.2) is 30.3 Å². The van der Waals surface area contributed by atoms with Gasteiger partial charge in [-0.05, 0) is 49.6 Å². The summed E-state index contributed by atoms with van der Waals surface area (Å²) in [6.45, 7) is 3.21. The molecule has 1 unspecified atom stereocenters. The van der Waals surface area contributed by atoms with E-state index in [1.54, 1.807) is 12.1 Å². The van der Waals surface area contributed by atoms with Crippen molar-refractivity contribution >= 4 is 29.0 Å². The standard InChI is InChI=1S/C17H19ClN4O2/c1-11-4-5-12(9-14(11)18)20-16-7-6-15(21-22-16)17(23)19-10-13-3-2-8-24-13/h4-7,9,13H,2-3,8,10H2,1H3,(H,19,23)(H,20,22). The van der Waals surface area contributed by atoms with Gasteiger partial charge in [-0.25, -0.2) is 0 Å². The van der Waals surface area contributed by atoms with Crippen molar-refractivity contribution in [3.05, 3.63) is 46.6 Å². The minimum Gasteiger partial charge on any atom is -0.376 e. The summed E-state index contributed by atoms with van der Waals surface area (Å²) in [4.78, 5) is 12.0. The quantitative estimate of drug-likeness (QED) is 0.870. The fourth-order valence-corrected chi connectivity index (χ4v) is 2.62. The second kappa shape index (κ2) is 7.59. The SMILES string of the molecule is Cc1ccc(Nc2ccc(C(=O)NCC3CCCO3)nn2)cc1Cl. The lowest BCUT2D eigenvalue weighted by Gasteiger charge is -2.10.